The molecule has 2 aromatic carbocycles. The Hall–Kier alpha value is -2.50. The van der Waals surface area contributed by atoms with Crippen molar-refractivity contribution in [2.24, 2.45) is 0 Å². The van der Waals surface area contributed by atoms with Crippen LogP contribution in [0.25, 0.3) is 10.9 Å². The van der Waals surface area contributed by atoms with Gasteiger partial charge in [0.05, 0.1) is 13.2 Å². The number of rotatable bonds is 5. The molecule has 1 unspecified atom stereocenters. The third-order valence-corrected chi connectivity index (χ3v) is 4.00. The zero-order valence-electron chi connectivity index (χ0n) is 13.0. The molecular weight excluding hydrogens is 328 g/mol. The number of hydrogen-bond acceptors (Lipinski definition) is 3. The lowest BCUT2D eigenvalue weighted by molar-refractivity contribution is 0.0912. The van der Waals surface area contributed by atoms with E-state index in [2.05, 4.69) is 10.3 Å². The minimum Gasteiger partial charge on any atom is -0.497 e. The van der Waals surface area contributed by atoms with Gasteiger partial charge in [0.1, 0.15) is 11.4 Å². The molecule has 0 aliphatic heterocycles. The van der Waals surface area contributed by atoms with Gasteiger partial charge < -0.3 is 20.1 Å². The van der Waals surface area contributed by atoms with E-state index in [1.54, 1.807) is 49.6 Å². The highest BCUT2D eigenvalue weighted by molar-refractivity contribution is 6.31. The van der Waals surface area contributed by atoms with E-state index in [9.17, 15) is 9.90 Å². The van der Waals surface area contributed by atoms with Crippen molar-refractivity contribution in [1.82, 2.24) is 10.3 Å². The van der Waals surface area contributed by atoms with E-state index in [0.29, 0.717) is 22.0 Å². The summed E-state index contributed by atoms with van der Waals surface area (Å²) in [5, 5.41) is 14.4. The van der Waals surface area contributed by atoms with Gasteiger partial charge in [-0.15, -0.1) is 0 Å². The van der Waals surface area contributed by atoms with E-state index in [1.807, 2.05) is 6.07 Å². The molecule has 0 radical (unpaired) electrons. The number of carbonyl (C=O) groups excluding carboxylic acids is 1. The first-order valence-electron chi connectivity index (χ1n) is 7.45. The lowest BCUT2D eigenvalue weighted by Crippen LogP contribution is -2.28. The number of aromatic nitrogens is 1. The van der Waals surface area contributed by atoms with Gasteiger partial charge in [-0.25, -0.2) is 0 Å². The summed E-state index contributed by atoms with van der Waals surface area (Å²) in [5.74, 6) is 0.370. The number of H-pyrrole nitrogens is 1. The highest BCUT2D eigenvalue weighted by atomic mass is 35.5. The fraction of sp³-hybridized carbons (Fsp3) is 0.167. The Morgan fingerprint density at radius 1 is 1.29 bits per heavy atom. The van der Waals surface area contributed by atoms with E-state index in [-0.39, 0.29) is 12.5 Å². The second-order valence-electron chi connectivity index (χ2n) is 5.42. The van der Waals surface area contributed by atoms with Crippen LogP contribution in [0.4, 0.5) is 0 Å². The van der Waals surface area contributed by atoms with Gasteiger partial charge in [-0.2, -0.15) is 0 Å². The Morgan fingerprint density at radius 2 is 2.12 bits per heavy atom. The fourth-order valence-electron chi connectivity index (χ4n) is 2.48. The Morgan fingerprint density at radius 3 is 2.92 bits per heavy atom. The molecule has 0 fully saturated rings. The monoisotopic (exact) mass is 344 g/mol. The fourth-order valence-corrected chi connectivity index (χ4v) is 2.66. The van der Waals surface area contributed by atoms with E-state index in [4.69, 9.17) is 16.3 Å². The maximum Gasteiger partial charge on any atom is 0.267 e. The minimum atomic E-state index is -0.817. The van der Waals surface area contributed by atoms with Crippen molar-refractivity contribution in [1.29, 1.82) is 0 Å². The molecular formula is C18H17ClN2O3. The molecule has 1 amide bonds. The Balaban J connectivity index is 1.67. The molecule has 5 nitrogen and oxygen atoms in total. The molecule has 0 aliphatic carbocycles. The summed E-state index contributed by atoms with van der Waals surface area (Å²) in [7, 11) is 1.56. The average Bonchev–Trinajstić information content (AvgIpc) is 3.02. The van der Waals surface area contributed by atoms with Gasteiger partial charge in [0.15, 0.2) is 0 Å². The summed E-state index contributed by atoms with van der Waals surface area (Å²) in [6, 6.07) is 14.2. The minimum absolute atomic E-state index is 0.0993. The molecule has 6 heteroatoms. The number of aliphatic hydroxyl groups is 1. The molecule has 0 saturated heterocycles. The molecule has 24 heavy (non-hydrogen) atoms. The molecule has 3 rings (SSSR count). The van der Waals surface area contributed by atoms with Crippen molar-refractivity contribution in [2.75, 3.05) is 13.7 Å². The van der Waals surface area contributed by atoms with Gasteiger partial charge in [0.2, 0.25) is 0 Å². The lowest BCUT2D eigenvalue weighted by atomic mass is 10.1. The van der Waals surface area contributed by atoms with Crippen molar-refractivity contribution >= 4 is 28.4 Å². The first-order valence-corrected chi connectivity index (χ1v) is 7.83. The summed E-state index contributed by atoms with van der Waals surface area (Å²) < 4.78 is 5.13. The van der Waals surface area contributed by atoms with Crippen molar-refractivity contribution in [3.05, 3.63) is 64.8 Å². The lowest BCUT2D eigenvalue weighted by Gasteiger charge is -2.12. The van der Waals surface area contributed by atoms with Crippen LogP contribution < -0.4 is 10.1 Å². The van der Waals surface area contributed by atoms with E-state index < -0.39 is 6.10 Å². The standard InChI is InChI=1S/C18H17ClN2O3/c1-24-14-4-2-3-11(8-14)17(22)10-20-18(23)16-9-12-7-13(19)5-6-15(12)21-16/h2-9,17,21-22H,10H2,1H3,(H,20,23). The highest BCUT2D eigenvalue weighted by Gasteiger charge is 2.13. The predicted octanol–water partition coefficient (Wildman–Crippen LogP) is 3.29. The van der Waals surface area contributed by atoms with Gasteiger partial charge >= 0.3 is 0 Å². The van der Waals surface area contributed by atoms with Crippen LogP contribution in [0.3, 0.4) is 0 Å². The zero-order valence-corrected chi connectivity index (χ0v) is 13.8. The third kappa shape index (κ3) is 3.53. The number of hydrogen-bond donors (Lipinski definition) is 3. The van der Waals surface area contributed by atoms with Crippen molar-refractivity contribution < 1.29 is 14.6 Å². The van der Waals surface area contributed by atoms with Crippen molar-refractivity contribution in [2.45, 2.75) is 6.10 Å². The van der Waals surface area contributed by atoms with Gasteiger partial charge in [-0.1, -0.05) is 23.7 Å². The van der Waals surface area contributed by atoms with E-state index in [0.717, 1.165) is 10.9 Å². The van der Waals surface area contributed by atoms with Crippen LogP contribution >= 0.6 is 11.6 Å². The van der Waals surface area contributed by atoms with Gasteiger partial charge in [0.25, 0.3) is 5.91 Å². The van der Waals surface area contributed by atoms with Crippen LogP contribution in [0, 0.1) is 0 Å². The predicted molar refractivity (Wildman–Crippen MR) is 93.6 cm³/mol. The smallest absolute Gasteiger partial charge is 0.267 e. The number of nitrogens with one attached hydrogen (secondary N) is 2. The molecule has 124 valence electrons. The van der Waals surface area contributed by atoms with Crippen LogP contribution in [0.5, 0.6) is 5.75 Å². The SMILES string of the molecule is COc1cccc(C(O)CNC(=O)c2cc3cc(Cl)ccc3[nH]2)c1. The highest BCUT2D eigenvalue weighted by Crippen LogP contribution is 2.21. The topological polar surface area (TPSA) is 74.3 Å². The second kappa shape index (κ2) is 6.95. The third-order valence-electron chi connectivity index (χ3n) is 3.76. The number of benzene rings is 2. The number of ether oxygens (including phenoxy) is 1. The molecule has 1 heterocycles. The number of amides is 1. The van der Waals surface area contributed by atoms with Crippen LogP contribution in [-0.2, 0) is 0 Å². The van der Waals surface area contributed by atoms with Crippen LogP contribution in [0.1, 0.15) is 22.2 Å². The second-order valence-corrected chi connectivity index (χ2v) is 5.85. The number of carbonyl (C=O) groups is 1. The Bertz CT molecular complexity index is 876. The summed E-state index contributed by atoms with van der Waals surface area (Å²) in [4.78, 5) is 15.3. The molecule has 0 aliphatic rings. The molecule has 0 spiro atoms. The first kappa shape index (κ1) is 16.4. The summed E-state index contributed by atoms with van der Waals surface area (Å²) in [6.45, 7) is 0.0993. The summed E-state index contributed by atoms with van der Waals surface area (Å²) in [6.07, 6.45) is -0.817. The quantitative estimate of drug-likeness (QED) is 0.665. The van der Waals surface area contributed by atoms with Crippen molar-refractivity contribution in [3.8, 4) is 5.75 Å². The van der Waals surface area contributed by atoms with Gasteiger partial charge in [-0.05, 0) is 42.0 Å². The summed E-state index contributed by atoms with van der Waals surface area (Å²) >= 11 is 5.95. The van der Waals surface area contributed by atoms with Gasteiger partial charge in [-0.3, -0.25) is 4.79 Å². The number of fused-ring (bicyclic) bond motifs is 1. The zero-order chi connectivity index (χ0) is 17.1. The molecule has 1 atom stereocenters. The number of aliphatic hydroxyl groups excluding tert-OH is 1. The number of methoxy groups -OCH3 is 1. The molecule has 1 aromatic heterocycles. The molecule has 0 bridgehead atoms. The normalized spacial score (nSPS) is 12.1. The van der Waals surface area contributed by atoms with Crippen LogP contribution in [0.2, 0.25) is 5.02 Å². The number of halogens is 1. The molecule has 0 saturated carbocycles. The molecule has 3 aromatic rings. The summed E-state index contributed by atoms with van der Waals surface area (Å²) in [5.41, 5.74) is 1.93. The average molecular weight is 345 g/mol. The Kier molecular flexibility index (Phi) is 4.74. The van der Waals surface area contributed by atoms with Crippen LogP contribution in [-0.4, -0.2) is 29.7 Å². The van der Waals surface area contributed by atoms with Crippen LogP contribution in [0.15, 0.2) is 48.5 Å². The largest absolute Gasteiger partial charge is 0.497 e. The maximum absolute atomic E-state index is 12.2. The number of aromatic amines is 1. The first-order chi connectivity index (χ1) is 11.6. The van der Waals surface area contributed by atoms with E-state index in [1.165, 1.54) is 0 Å². The Labute approximate surface area is 144 Å². The van der Waals surface area contributed by atoms with Gasteiger partial charge in [0, 0.05) is 22.5 Å². The molecule has 3 N–H and O–H groups in total. The van der Waals surface area contributed by atoms with Crippen molar-refractivity contribution in [3.63, 3.8) is 0 Å². The maximum atomic E-state index is 12.2. The van der Waals surface area contributed by atoms with E-state index >= 15 is 0 Å².